The lowest BCUT2D eigenvalue weighted by atomic mass is 9.87. The molecule has 0 spiro atoms. The summed E-state index contributed by atoms with van der Waals surface area (Å²) in [6.07, 6.45) is 0. The number of morpholine rings is 1. The summed E-state index contributed by atoms with van der Waals surface area (Å²) >= 11 is 14.1. The molecule has 0 atom stereocenters. The molecule has 10 nitrogen and oxygen atoms in total. The first-order valence-corrected chi connectivity index (χ1v) is 15.4. The minimum absolute atomic E-state index is 0.0249. The van der Waals surface area contributed by atoms with Crippen LogP contribution in [0.15, 0.2) is 65.8 Å². The number of carbonyl (C=O) groups excluding carboxylic acids is 2. The number of amides is 2. The molecule has 4 aromatic rings. The Morgan fingerprint density at radius 3 is 2.37 bits per heavy atom. The van der Waals surface area contributed by atoms with Crippen molar-refractivity contribution in [2.45, 2.75) is 31.3 Å². The van der Waals surface area contributed by atoms with Gasteiger partial charge in [0.15, 0.2) is 0 Å². The summed E-state index contributed by atoms with van der Waals surface area (Å²) in [5.74, 6) is -0.597. The van der Waals surface area contributed by atoms with E-state index in [1.165, 1.54) is 10.7 Å². The molecule has 1 fully saturated rings. The summed E-state index contributed by atoms with van der Waals surface area (Å²) < 4.78 is 6.90. The zero-order valence-corrected chi connectivity index (χ0v) is 26.3. The van der Waals surface area contributed by atoms with E-state index in [4.69, 9.17) is 27.9 Å². The molecule has 0 saturated carbocycles. The van der Waals surface area contributed by atoms with Crippen LogP contribution in [-0.2, 0) is 14.9 Å². The van der Waals surface area contributed by atoms with Crippen LogP contribution in [0.2, 0.25) is 10.0 Å². The molecule has 2 heterocycles. The first-order valence-electron chi connectivity index (χ1n) is 13.6. The van der Waals surface area contributed by atoms with E-state index in [1.807, 2.05) is 42.5 Å². The molecule has 0 aliphatic carbocycles. The highest BCUT2D eigenvalue weighted by molar-refractivity contribution is 7.99. The molecule has 0 bridgehead atoms. The number of tetrazole rings is 1. The van der Waals surface area contributed by atoms with E-state index in [0.29, 0.717) is 46.0 Å². The maximum atomic E-state index is 12.8. The maximum absolute atomic E-state index is 12.8. The first kappa shape index (κ1) is 30.8. The third-order valence-corrected chi connectivity index (χ3v) is 8.36. The number of aromatic nitrogens is 4. The van der Waals surface area contributed by atoms with Crippen molar-refractivity contribution in [3.8, 4) is 5.69 Å². The molecule has 224 valence electrons. The zero-order chi connectivity index (χ0) is 30.6. The third kappa shape index (κ3) is 7.66. The number of anilines is 3. The smallest absolute Gasteiger partial charge is 0.255 e. The second-order valence-corrected chi connectivity index (χ2v) is 12.7. The Balaban J connectivity index is 1.16. The van der Waals surface area contributed by atoms with E-state index in [1.54, 1.807) is 12.1 Å². The van der Waals surface area contributed by atoms with Gasteiger partial charge in [-0.1, -0.05) is 61.8 Å². The molecule has 1 aromatic heterocycles. The van der Waals surface area contributed by atoms with Crippen LogP contribution in [0.3, 0.4) is 0 Å². The van der Waals surface area contributed by atoms with Crippen molar-refractivity contribution in [3.63, 3.8) is 0 Å². The fourth-order valence-electron chi connectivity index (χ4n) is 4.42. The predicted molar refractivity (Wildman–Crippen MR) is 171 cm³/mol. The number of hydrogen-bond donors (Lipinski definition) is 2. The van der Waals surface area contributed by atoms with E-state index < -0.39 is 0 Å². The SMILES string of the molecule is CC(C)(C)c1ccc(-n2nnnc2SCC(=O)Nc2ccc(C(=O)Nc3ccc(N4CCOCC4)cc3)cc2Cl)c(Cl)c1. The third-order valence-electron chi connectivity index (χ3n) is 6.82. The van der Waals surface area contributed by atoms with Crippen LogP contribution in [-0.4, -0.2) is 64.1 Å². The van der Waals surface area contributed by atoms with Crippen molar-refractivity contribution in [1.29, 1.82) is 0 Å². The van der Waals surface area contributed by atoms with Gasteiger partial charge < -0.3 is 20.3 Å². The molecular formula is C30H31Cl2N7O3S. The molecule has 43 heavy (non-hydrogen) atoms. The predicted octanol–water partition coefficient (Wildman–Crippen LogP) is 6.09. The van der Waals surface area contributed by atoms with Crippen molar-refractivity contribution >= 4 is 63.8 Å². The van der Waals surface area contributed by atoms with Gasteiger partial charge in [0.1, 0.15) is 0 Å². The summed E-state index contributed by atoms with van der Waals surface area (Å²) in [6, 6.07) is 18.1. The van der Waals surface area contributed by atoms with Gasteiger partial charge in [-0.3, -0.25) is 9.59 Å². The molecule has 0 radical (unpaired) electrons. The highest BCUT2D eigenvalue weighted by Crippen LogP contribution is 2.31. The van der Waals surface area contributed by atoms with Gasteiger partial charge in [-0.15, -0.1) is 5.10 Å². The maximum Gasteiger partial charge on any atom is 0.255 e. The molecule has 5 rings (SSSR count). The van der Waals surface area contributed by atoms with Crippen molar-refractivity contribution in [3.05, 3.63) is 81.8 Å². The first-order chi connectivity index (χ1) is 20.6. The quantitative estimate of drug-likeness (QED) is 0.223. The fourth-order valence-corrected chi connectivity index (χ4v) is 5.59. The van der Waals surface area contributed by atoms with Crippen LogP contribution in [0, 0.1) is 0 Å². The van der Waals surface area contributed by atoms with Crippen LogP contribution in [0.5, 0.6) is 0 Å². The standard InChI is InChI=1S/C30H31Cl2N7O3S/c1-30(2,3)20-5-11-26(24(32)17-20)39-29(35-36-37-39)43-18-27(40)34-25-10-4-19(16-23(25)31)28(41)33-21-6-8-22(9-7-21)38-12-14-42-15-13-38/h4-11,16-17H,12-15,18H2,1-3H3,(H,33,41)(H,34,40). The second kappa shape index (κ2) is 13.3. The van der Waals surface area contributed by atoms with E-state index in [9.17, 15) is 9.59 Å². The average molecular weight is 641 g/mol. The number of rotatable bonds is 8. The Bertz CT molecular complexity index is 1620. The van der Waals surface area contributed by atoms with Crippen molar-refractivity contribution in [2.24, 2.45) is 0 Å². The normalized spacial score (nSPS) is 13.6. The van der Waals surface area contributed by atoms with Crippen molar-refractivity contribution < 1.29 is 14.3 Å². The number of nitrogens with zero attached hydrogens (tertiary/aromatic N) is 5. The Hall–Kier alpha value is -3.64. The molecule has 1 aliphatic rings. The van der Waals surface area contributed by atoms with E-state index in [-0.39, 0.29) is 28.0 Å². The van der Waals surface area contributed by atoms with E-state index >= 15 is 0 Å². The lowest BCUT2D eigenvalue weighted by Crippen LogP contribution is -2.36. The molecule has 1 saturated heterocycles. The number of halogens is 2. The zero-order valence-electron chi connectivity index (χ0n) is 23.9. The number of benzene rings is 3. The monoisotopic (exact) mass is 639 g/mol. The molecule has 2 amide bonds. The minimum atomic E-state index is -0.312. The lowest BCUT2D eigenvalue weighted by Gasteiger charge is -2.28. The number of nitrogens with one attached hydrogen (secondary N) is 2. The van der Waals surface area contributed by atoms with Gasteiger partial charge in [0.2, 0.25) is 11.1 Å². The number of thioether (sulfide) groups is 1. The lowest BCUT2D eigenvalue weighted by molar-refractivity contribution is -0.113. The Morgan fingerprint density at radius 2 is 1.70 bits per heavy atom. The van der Waals surface area contributed by atoms with Gasteiger partial charge in [0, 0.05) is 30.0 Å². The Morgan fingerprint density at radius 1 is 0.953 bits per heavy atom. The van der Waals surface area contributed by atoms with Crippen LogP contribution in [0.25, 0.3) is 5.69 Å². The van der Waals surface area contributed by atoms with Gasteiger partial charge >= 0.3 is 0 Å². The van der Waals surface area contributed by atoms with Crippen LogP contribution in [0.4, 0.5) is 17.1 Å². The van der Waals surface area contributed by atoms with Crippen LogP contribution >= 0.6 is 35.0 Å². The van der Waals surface area contributed by atoms with Gasteiger partial charge in [-0.2, -0.15) is 4.68 Å². The minimum Gasteiger partial charge on any atom is -0.378 e. The summed E-state index contributed by atoms with van der Waals surface area (Å²) in [4.78, 5) is 27.8. The molecule has 3 aromatic carbocycles. The van der Waals surface area contributed by atoms with Crippen LogP contribution < -0.4 is 15.5 Å². The van der Waals surface area contributed by atoms with Crippen molar-refractivity contribution in [2.75, 3.05) is 47.6 Å². The van der Waals surface area contributed by atoms with E-state index in [2.05, 4.69) is 51.8 Å². The molecular weight excluding hydrogens is 609 g/mol. The number of carbonyl (C=O) groups is 2. The van der Waals surface area contributed by atoms with Crippen molar-refractivity contribution in [1.82, 2.24) is 20.2 Å². The molecule has 0 unspecified atom stereocenters. The molecule has 1 aliphatic heterocycles. The van der Waals surface area contributed by atoms with Crippen LogP contribution in [0.1, 0.15) is 36.7 Å². The van der Waals surface area contributed by atoms with E-state index in [0.717, 1.165) is 36.1 Å². The highest BCUT2D eigenvalue weighted by Gasteiger charge is 2.19. The molecule has 2 N–H and O–H groups in total. The largest absolute Gasteiger partial charge is 0.378 e. The average Bonchev–Trinajstić information content (AvgIpc) is 3.46. The van der Waals surface area contributed by atoms with Gasteiger partial charge in [-0.05, 0) is 76.0 Å². The number of hydrogen-bond acceptors (Lipinski definition) is 8. The Kier molecular flexibility index (Phi) is 9.55. The number of ether oxygens (including phenoxy) is 1. The summed E-state index contributed by atoms with van der Waals surface area (Å²) in [5.41, 5.74) is 4.15. The van der Waals surface area contributed by atoms with Gasteiger partial charge in [0.25, 0.3) is 5.91 Å². The second-order valence-electron chi connectivity index (χ2n) is 10.9. The van der Waals surface area contributed by atoms with Gasteiger partial charge in [0.05, 0.1) is 40.4 Å². The summed E-state index contributed by atoms with van der Waals surface area (Å²) in [6.45, 7) is 9.41. The fraction of sp³-hybridized carbons (Fsp3) is 0.300. The summed E-state index contributed by atoms with van der Waals surface area (Å²) in [5, 5.41) is 18.7. The topological polar surface area (TPSA) is 114 Å². The highest BCUT2D eigenvalue weighted by atomic mass is 35.5. The Labute approximate surface area is 264 Å². The summed E-state index contributed by atoms with van der Waals surface area (Å²) in [7, 11) is 0. The molecule has 13 heteroatoms. The van der Waals surface area contributed by atoms with Gasteiger partial charge in [-0.25, -0.2) is 0 Å².